The molecule has 0 amide bonds. The molecular weight excluding hydrogens is 226 g/mol. The van der Waals surface area contributed by atoms with Gasteiger partial charge in [-0.25, -0.2) is 4.98 Å². The van der Waals surface area contributed by atoms with Crippen LogP contribution in [0.4, 0.5) is 11.5 Å². The number of para-hydroxylation sites is 1. The summed E-state index contributed by atoms with van der Waals surface area (Å²) in [5.74, 6) is 1.04. The van der Waals surface area contributed by atoms with Gasteiger partial charge in [0.1, 0.15) is 5.82 Å². The molecule has 0 aliphatic rings. The lowest BCUT2D eigenvalue weighted by Crippen LogP contribution is -2.42. The van der Waals surface area contributed by atoms with Crippen LogP contribution in [0.5, 0.6) is 0 Å². The molecule has 4 heteroatoms. The second-order valence-corrected chi connectivity index (χ2v) is 10.0. The van der Waals surface area contributed by atoms with Crippen LogP contribution in [0.25, 0.3) is 0 Å². The minimum atomic E-state index is -1.50. The van der Waals surface area contributed by atoms with Crippen LogP contribution in [0.2, 0.25) is 19.6 Å². The van der Waals surface area contributed by atoms with Crippen molar-refractivity contribution in [2.24, 2.45) is 7.05 Å². The van der Waals surface area contributed by atoms with Gasteiger partial charge < -0.3 is 9.13 Å². The van der Waals surface area contributed by atoms with Crippen molar-refractivity contribution in [3.8, 4) is 0 Å². The van der Waals surface area contributed by atoms with Gasteiger partial charge in [-0.3, -0.25) is 0 Å². The molecule has 0 aliphatic heterocycles. The van der Waals surface area contributed by atoms with E-state index in [9.17, 15) is 0 Å². The average molecular weight is 245 g/mol. The highest BCUT2D eigenvalue weighted by Crippen LogP contribution is 2.29. The second-order valence-electron chi connectivity index (χ2n) is 5.24. The maximum atomic E-state index is 4.48. The van der Waals surface area contributed by atoms with Crippen molar-refractivity contribution in [3.05, 3.63) is 42.9 Å². The predicted molar refractivity (Wildman–Crippen MR) is 75.1 cm³/mol. The van der Waals surface area contributed by atoms with E-state index in [1.54, 1.807) is 0 Å². The summed E-state index contributed by atoms with van der Waals surface area (Å²) in [6.07, 6.45) is 3.93. The maximum absolute atomic E-state index is 4.48. The van der Waals surface area contributed by atoms with Crippen molar-refractivity contribution in [3.63, 3.8) is 0 Å². The van der Waals surface area contributed by atoms with E-state index in [0.717, 1.165) is 5.82 Å². The summed E-state index contributed by atoms with van der Waals surface area (Å²) in [5.41, 5.74) is 1.23. The standard InChI is InChI=1S/C13H19N3Si/c1-15-10-13(14-11-15)16(17(2,3)4)12-8-6-5-7-9-12/h5-11H,1-4H3. The number of hydrogen-bond donors (Lipinski definition) is 0. The number of rotatable bonds is 3. The van der Waals surface area contributed by atoms with E-state index in [4.69, 9.17) is 0 Å². The summed E-state index contributed by atoms with van der Waals surface area (Å²) in [7, 11) is 0.506. The van der Waals surface area contributed by atoms with Crippen LogP contribution < -0.4 is 4.57 Å². The number of aromatic nitrogens is 2. The van der Waals surface area contributed by atoms with Gasteiger partial charge in [-0.2, -0.15) is 0 Å². The van der Waals surface area contributed by atoms with Gasteiger partial charge in [0.05, 0.1) is 6.33 Å². The number of aryl methyl sites for hydroxylation is 1. The molecule has 0 fully saturated rings. The minimum Gasteiger partial charge on any atom is -0.353 e. The fourth-order valence-electron chi connectivity index (χ4n) is 1.95. The fraction of sp³-hybridized carbons (Fsp3) is 0.308. The summed E-state index contributed by atoms with van der Waals surface area (Å²) in [6, 6.07) is 10.5. The van der Waals surface area contributed by atoms with E-state index in [0.29, 0.717) is 0 Å². The number of benzene rings is 1. The fourth-order valence-corrected chi connectivity index (χ4v) is 3.68. The molecule has 1 aromatic carbocycles. The van der Waals surface area contributed by atoms with E-state index in [2.05, 4.69) is 59.7 Å². The van der Waals surface area contributed by atoms with Gasteiger partial charge in [0, 0.05) is 18.9 Å². The Hall–Kier alpha value is -1.55. The lowest BCUT2D eigenvalue weighted by atomic mass is 10.3. The Labute approximate surface area is 104 Å². The highest BCUT2D eigenvalue weighted by atomic mass is 28.3. The highest BCUT2D eigenvalue weighted by Gasteiger charge is 2.27. The summed E-state index contributed by atoms with van der Waals surface area (Å²) >= 11 is 0. The normalized spacial score (nSPS) is 11.5. The molecule has 17 heavy (non-hydrogen) atoms. The zero-order valence-electron chi connectivity index (χ0n) is 10.9. The Kier molecular flexibility index (Phi) is 3.06. The molecule has 0 aliphatic carbocycles. The third-order valence-electron chi connectivity index (χ3n) is 2.61. The van der Waals surface area contributed by atoms with E-state index in [-0.39, 0.29) is 0 Å². The summed E-state index contributed by atoms with van der Waals surface area (Å²) < 4.78 is 4.37. The van der Waals surface area contributed by atoms with E-state index in [1.807, 2.05) is 24.0 Å². The van der Waals surface area contributed by atoms with Gasteiger partial charge in [-0.05, 0) is 12.1 Å². The van der Waals surface area contributed by atoms with Gasteiger partial charge in [0.2, 0.25) is 0 Å². The molecule has 0 saturated carbocycles. The quantitative estimate of drug-likeness (QED) is 0.773. The first-order valence-corrected chi connectivity index (χ1v) is 9.26. The molecule has 3 nitrogen and oxygen atoms in total. The lowest BCUT2D eigenvalue weighted by molar-refractivity contribution is 0.913. The zero-order valence-corrected chi connectivity index (χ0v) is 11.9. The molecule has 0 bridgehead atoms. The highest BCUT2D eigenvalue weighted by molar-refractivity contribution is 6.81. The number of imidazole rings is 1. The van der Waals surface area contributed by atoms with Crippen LogP contribution in [0, 0.1) is 0 Å². The van der Waals surface area contributed by atoms with Crippen LogP contribution in [0.15, 0.2) is 42.9 Å². The molecule has 0 atom stereocenters. The van der Waals surface area contributed by atoms with Gasteiger partial charge in [-0.1, -0.05) is 37.8 Å². The average Bonchev–Trinajstić information content (AvgIpc) is 2.64. The Morgan fingerprint density at radius 3 is 2.24 bits per heavy atom. The monoisotopic (exact) mass is 245 g/mol. The van der Waals surface area contributed by atoms with Crippen molar-refractivity contribution < 1.29 is 0 Å². The van der Waals surface area contributed by atoms with Crippen molar-refractivity contribution >= 4 is 19.7 Å². The van der Waals surface area contributed by atoms with Crippen molar-refractivity contribution in [2.75, 3.05) is 4.57 Å². The van der Waals surface area contributed by atoms with E-state index < -0.39 is 8.24 Å². The van der Waals surface area contributed by atoms with Crippen LogP contribution in [0.1, 0.15) is 0 Å². The Balaban J connectivity index is 2.47. The molecule has 0 radical (unpaired) electrons. The third kappa shape index (κ3) is 2.58. The lowest BCUT2D eigenvalue weighted by Gasteiger charge is -2.34. The molecule has 90 valence electrons. The molecule has 0 unspecified atom stereocenters. The molecule has 1 aromatic heterocycles. The topological polar surface area (TPSA) is 21.1 Å². The maximum Gasteiger partial charge on any atom is 0.155 e. The Bertz CT molecular complexity index is 485. The van der Waals surface area contributed by atoms with Crippen molar-refractivity contribution in [1.82, 2.24) is 9.55 Å². The zero-order chi connectivity index (χ0) is 12.5. The molecule has 0 N–H and O–H groups in total. The first-order chi connectivity index (χ1) is 7.98. The molecular formula is C13H19N3Si. The molecule has 1 heterocycles. The van der Waals surface area contributed by atoms with Crippen LogP contribution in [0.3, 0.4) is 0 Å². The van der Waals surface area contributed by atoms with Crippen molar-refractivity contribution in [2.45, 2.75) is 19.6 Å². The molecule has 2 rings (SSSR count). The smallest absolute Gasteiger partial charge is 0.155 e. The molecule has 0 spiro atoms. The van der Waals surface area contributed by atoms with Gasteiger partial charge in [0.15, 0.2) is 8.24 Å². The van der Waals surface area contributed by atoms with E-state index in [1.165, 1.54) is 5.69 Å². The second kappa shape index (κ2) is 4.37. The van der Waals surface area contributed by atoms with Crippen LogP contribution in [-0.4, -0.2) is 17.8 Å². The SMILES string of the molecule is Cn1cnc(N(c2ccccc2)[Si](C)(C)C)c1. The minimum absolute atomic E-state index is 1.04. The third-order valence-corrected chi connectivity index (χ3v) is 4.43. The Morgan fingerprint density at radius 2 is 1.76 bits per heavy atom. The first-order valence-electron chi connectivity index (χ1n) is 5.82. The number of hydrogen-bond acceptors (Lipinski definition) is 2. The molecule has 0 saturated heterocycles. The summed E-state index contributed by atoms with van der Waals surface area (Å²) in [4.78, 5) is 4.48. The van der Waals surface area contributed by atoms with Crippen LogP contribution in [-0.2, 0) is 7.05 Å². The largest absolute Gasteiger partial charge is 0.353 e. The molecule has 2 aromatic rings. The van der Waals surface area contributed by atoms with Gasteiger partial charge >= 0.3 is 0 Å². The van der Waals surface area contributed by atoms with Crippen molar-refractivity contribution in [1.29, 1.82) is 0 Å². The first kappa shape index (κ1) is 11.9. The summed E-state index contributed by atoms with van der Waals surface area (Å²) in [6.45, 7) is 6.98. The van der Waals surface area contributed by atoms with E-state index >= 15 is 0 Å². The van der Waals surface area contributed by atoms with Gasteiger partial charge in [-0.15, -0.1) is 0 Å². The predicted octanol–water partition coefficient (Wildman–Crippen LogP) is 3.39. The van der Waals surface area contributed by atoms with Crippen LogP contribution >= 0.6 is 0 Å². The summed E-state index contributed by atoms with van der Waals surface area (Å²) in [5, 5.41) is 0. The Morgan fingerprint density at radius 1 is 1.12 bits per heavy atom. The number of anilines is 2. The number of nitrogens with zero attached hydrogens (tertiary/aromatic N) is 3. The van der Waals surface area contributed by atoms with Gasteiger partial charge in [0.25, 0.3) is 0 Å².